The molecule has 1 aromatic rings. The summed E-state index contributed by atoms with van der Waals surface area (Å²) in [5.74, 6) is 0.754. The van der Waals surface area contributed by atoms with E-state index in [4.69, 9.17) is 4.74 Å². The van der Waals surface area contributed by atoms with E-state index in [0.717, 1.165) is 44.5 Å². The van der Waals surface area contributed by atoms with Gasteiger partial charge in [0.25, 0.3) is 0 Å². The van der Waals surface area contributed by atoms with Gasteiger partial charge in [0.15, 0.2) is 0 Å². The average Bonchev–Trinajstić information content (AvgIpc) is 2.64. The molecule has 0 aromatic heterocycles. The molecule has 0 spiro atoms. The minimum atomic E-state index is -0.223. The first-order chi connectivity index (χ1) is 13.0. The zero-order valence-corrected chi connectivity index (χ0v) is 16.6. The van der Waals surface area contributed by atoms with Crippen LogP contribution in [0.4, 0.5) is 10.5 Å². The van der Waals surface area contributed by atoms with Crippen LogP contribution in [-0.2, 0) is 4.79 Å². The minimum Gasteiger partial charge on any atom is -0.492 e. The first-order valence-electron chi connectivity index (χ1n) is 9.81. The summed E-state index contributed by atoms with van der Waals surface area (Å²) >= 11 is 0. The van der Waals surface area contributed by atoms with Crippen LogP contribution in [0.5, 0.6) is 5.75 Å². The summed E-state index contributed by atoms with van der Waals surface area (Å²) in [6.45, 7) is 9.25. The van der Waals surface area contributed by atoms with Gasteiger partial charge in [0.2, 0.25) is 5.91 Å². The maximum absolute atomic E-state index is 12.3. The second-order valence-electron chi connectivity index (χ2n) is 6.93. The normalized spacial score (nSPS) is 15.2. The van der Waals surface area contributed by atoms with E-state index in [-0.39, 0.29) is 18.0 Å². The lowest BCUT2D eigenvalue weighted by molar-refractivity contribution is -0.122. The summed E-state index contributed by atoms with van der Waals surface area (Å²) in [7, 11) is 0. The number of rotatable bonds is 8. The summed E-state index contributed by atoms with van der Waals surface area (Å²) in [6, 6.07) is 5.61. The third-order valence-electron chi connectivity index (χ3n) is 4.55. The fourth-order valence-corrected chi connectivity index (χ4v) is 3.11. The number of nitrogens with zero attached hydrogens (tertiary/aromatic N) is 1. The number of benzene rings is 1. The molecule has 150 valence electrons. The molecule has 0 unspecified atom stereocenters. The Balaban J connectivity index is 1.77. The largest absolute Gasteiger partial charge is 0.492 e. The second-order valence-corrected chi connectivity index (χ2v) is 6.93. The monoisotopic (exact) mass is 376 g/mol. The minimum absolute atomic E-state index is 0.0730. The number of carbonyl (C=O) groups is 2. The van der Waals surface area contributed by atoms with Crippen molar-refractivity contribution in [1.29, 1.82) is 0 Å². The van der Waals surface area contributed by atoms with E-state index >= 15 is 0 Å². The maximum Gasteiger partial charge on any atom is 0.319 e. The molecule has 3 amide bonds. The average molecular weight is 377 g/mol. The molecule has 1 aliphatic rings. The number of anilines is 1. The Kier molecular flexibility index (Phi) is 8.39. The third kappa shape index (κ3) is 7.09. The summed E-state index contributed by atoms with van der Waals surface area (Å²) in [5, 5.41) is 8.81. The van der Waals surface area contributed by atoms with E-state index in [1.807, 2.05) is 39.0 Å². The van der Waals surface area contributed by atoms with Crippen molar-refractivity contribution in [1.82, 2.24) is 15.5 Å². The molecule has 7 heteroatoms. The zero-order valence-electron chi connectivity index (χ0n) is 16.6. The van der Waals surface area contributed by atoms with E-state index in [2.05, 4.69) is 20.9 Å². The van der Waals surface area contributed by atoms with Gasteiger partial charge in [-0.3, -0.25) is 9.69 Å². The van der Waals surface area contributed by atoms with Gasteiger partial charge >= 0.3 is 6.03 Å². The highest BCUT2D eigenvalue weighted by Crippen LogP contribution is 2.25. The zero-order chi connectivity index (χ0) is 19.6. The topological polar surface area (TPSA) is 82.7 Å². The summed E-state index contributed by atoms with van der Waals surface area (Å²) in [4.78, 5) is 26.3. The molecule has 2 rings (SSSR count). The van der Waals surface area contributed by atoms with Crippen molar-refractivity contribution in [3.8, 4) is 5.75 Å². The highest BCUT2D eigenvalue weighted by Gasteiger charge is 2.22. The van der Waals surface area contributed by atoms with Crippen molar-refractivity contribution in [2.45, 2.75) is 46.1 Å². The van der Waals surface area contributed by atoms with Gasteiger partial charge in [-0.1, -0.05) is 13.0 Å². The van der Waals surface area contributed by atoms with Gasteiger partial charge in [-0.2, -0.15) is 0 Å². The van der Waals surface area contributed by atoms with Crippen LogP contribution in [0.25, 0.3) is 0 Å². The number of carbonyl (C=O) groups excluding carboxylic acids is 2. The maximum atomic E-state index is 12.3. The lowest BCUT2D eigenvalue weighted by atomic mass is 10.1. The first-order valence-corrected chi connectivity index (χ1v) is 9.81. The molecule has 1 heterocycles. The number of piperidine rings is 1. The van der Waals surface area contributed by atoms with Crippen molar-refractivity contribution >= 4 is 17.6 Å². The molecule has 0 radical (unpaired) electrons. The van der Waals surface area contributed by atoms with Gasteiger partial charge in [-0.05, 0) is 50.8 Å². The number of hydrogen-bond donors (Lipinski definition) is 3. The third-order valence-corrected chi connectivity index (χ3v) is 4.55. The van der Waals surface area contributed by atoms with Gasteiger partial charge in [-0.25, -0.2) is 4.79 Å². The Bertz CT molecular complexity index is 628. The van der Waals surface area contributed by atoms with Crippen molar-refractivity contribution in [3.05, 3.63) is 23.8 Å². The van der Waals surface area contributed by atoms with Crippen LogP contribution in [0.3, 0.4) is 0 Å². The molecule has 0 atom stereocenters. The van der Waals surface area contributed by atoms with E-state index in [0.29, 0.717) is 24.6 Å². The number of hydrogen-bond acceptors (Lipinski definition) is 4. The van der Waals surface area contributed by atoms with Crippen LogP contribution in [0.2, 0.25) is 0 Å². The van der Waals surface area contributed by atoms with Crippen LogP contribution in [-0.4, -0.2) is 55.7 Å². The highest BCUT2D eigenvalue weighted by molar-refractivity contribution is 5.91. The highest BCUT2D eigenvalue weighted by atomic mass is 16.5. The van der Waals surface area contributed by atoms with Crippen molar-refractivity contribution in [3.63, 3.8) is 0 Å². The Morgan fingerprint density at radius 1 is 1.22 bits per heavy atom. The van der Waals surface area contributed by atoms with Crippen molar-refractivity contribution in [2.24, 2.45) is 0 Å². The molecule has 0 bridgehead atoms. The summed E-state index contributed by atoms with van der Waals surface area (Å²) in [6.07, 6.45) is 2.61. The molecule has 1 fully saturated rings. The quantitative estimate of drug-likeness (QED) is 0.651. The summed E-state index contributed by atoms with van der Waals surface area (Å²) in [5.41, 5.74) is 1.75. The Morgan fingerprint density at radius 2 is 1.96 bits per heavy atom. The molecule has 1 saturated heterocycles. The smallest absolute Gasteiger partial charge is 0.319 e. The lowest BCUT2D eigenvalue weighted by Crippen LogP contribution is -2.48. The molecule has 0 aliphatic carbocycles. The molecule has 3 N–H and O–H groups in total. The van der Waals surface area contributed by atoms with Crippen LogP contribution < -0.4 is 20.7 Å². The standard InChI is InChI=1S/C20H32N4O3/c1-4-10-21-19(25)14-24-11-8-16(9-12-24)22-20(26)23-17-7-6-15(3)13-18(17)27-5-2/h6-7,13,16H,4-5,8-12,14H2,1-3H3,(H,21,25)(H2,22,23,26). The Morgan fingerprint density at radius 3 is 2.63 bits per heavy atom. The van der Waals surface area contributed by atoms with E-state index in [9.17, 15) is 9.59 Å². The number of nitrogens with one attached hydrogen (secondary N) is 3. The number of likely N-dealkylation sites (tertiary alicyclic amines) is 1. The number of amides is 3. The molecule has 27 heavy (non-hydrogen) atoms. The van der Waals surface area contributed by atoms with Crippen molar-refractivity contribution < 1.29 is 14.3 Å². The predicted molar refractivity (Wildman–Crippen MR) is 107 cm³/mol. The van der Waals surface area contributed by atoms with Gasteiger partial charge in [0, 0.05) is 25.7 Å². The molecular weight excluding hydrogens is 344 g/mol. The number of aryl methyl sites for hydroxylation is 1. The van der Waals surface area contributed by atoms with Gasteiger partial charge in [0.1, 0.15) is 5.75 Å². The van der Waals surface area contributed by atoms with E-state index < -0.39 is 0 Å². The van der Waals surface area contributed by atoms with Crippen molar-refractivity contribution in [2.75, 3.05) is 38.1 Å². The fraction of sp³-hybridized carbons (Fsp3) is 0.600. The molecule has 1 aliphatic heterocycles. The molecular formula is C20H32N4O3. The van der Waals surface area contributed by atoms with Crippen LogP contribution in [0, 0.1) is 6.92 Å². The van der Waals surface area contributed by atoms with Gasteiger partial charge in [-0.15, -0.1) is 0 Å². The Hall–Kier alpha value is -2.28. The van der Waals surface area contributed by atoms with Gasteiger partial charge in [0.05, 0.1) is 18.8 Å². The first kappa shape index (κ1) is 21.0. The fourth-order valence-electron chi connectivity index (χ4n) is 3.11. The Labute approximate surface area is 161 Å². The van der Waals surface area contributed by atoms with Crippen LogP contribution >= 0.6 is 0 Å². The van der Waals surface area contributed by atoms with Gasteiger partial charge < -0.3 is 20.7 Å². The second kappa shape index (κ2) is 10.8. The van der Waals surface area contributed by atoms with Crippen LogP contribution in [0.1, 0.15) is 38.7 Å². The molecule has 1 aromatic carbocycles. The summed E-state index contributed by atoms with van der Waals surface area (Å²) < 4.78 is 5.60. The number of ether oxygens (including phenoxy) is 1. The lowest BCUT2D eigenvalue weighted by Gasteiger charge is -2.31. The van der Waals surface area contributed by atoms with E-state index in [1.54, 1.807) is 0 Å². The molecule has 7 nitrogen and oxygen atoms in total. The van der Waals surface area contributed by atoms with Crippen LogP contribution in [0.15, 0.2) is 18.2 Å². The number of urea groups is 1. The molecule has 0 saturated carbocycles. The predicted octanol–water partition coefficient (Wildman–Crippen LogP) is 2.51. The SMILES string of the molecule is CCCNC(=O)CN1CCC(NC(=O)Nc2ccc(C)cc2OCC)CC1. The van der Waals surface area contributed by atoms with E-state index in [1.165, 1.54) is 0 Å².